The Morgan fingerprint density at radius 1 is 1.33 bits per heavy atom. The summed E-state index contributed by atoms with van der Waals surface area (Å²) in [5.41, 5.74) is 2.13. The van der Waals surface area contributed by atoms with Gasteiger partial charge in [0.05, 0.1) is 0 Å². The summed E-state index contributed by atoms with van der Waals surface area (Å²) in [4.78, 5) is 0. The van der Waals surface area contributed by atoms with E-state index in [4.69, 9.17) is 4.74 Å². The molecule has 66 valence electrons. The van der Waals surface area contributed by atoms with Gasteiger partial charge in [0.15, 0.2) is 0 Å². The van der Waals surface area contributed by atoms with Crippen molar-refractivity contribution in [3.8, 4) is 5.75 Å². The van der Waals surface area contributed by atoms with E-state index in [1.54, 1.807) is 6.07 Å². The van der Waals surface area contributed by atoms with E-state index in [9.17, 15) is 4.39 Å². The van der Waals surface area contributed by atoms with Crippen LogP contribution in [0, 0.1) is 13.8 Å². The number of hydrogen-bond donors (Lipinski definition) is 0. The summed E-state index contributed by atoms with van der Waals surface area (Å²) in [7, 11) is 0. The monoisotopic (exact) mass is 168 g/mol. The molecule has 0 fully saturated rings. The molecule has 0 saturated carbocycles. The van der Waals surface area contributed by atoms with Crippen LogP contribution in [-0.2, 0) is 0 Å². The van der Waals surface area contributed by atoms with E-state index in [-0.39, 0.29) is 0 Å². The maximum atomic E-state index is 12.4. The molecular weight excluding hydrogens is 155 g/mol. The van der Waals surface area contributed by atoms with Gasteiger partial charge in [-0.05, 0) is 25.5 Å². The molecule has 0 heterocycles. The smallest absolute Gasteiger partial charge is 0.235 e. The molecule has 0 radical (unpaired) electrons. The van der Waals surface area contributed by atoms with Gasteiger partial charge in [-0.15, -0.1) is 0 Å². The van der Waals surface area contributed by atoms with Crippen LogP contribution in [0.1, 0.15) is 18.1 Å². The summed E-state index contributed by atoms with van der Waals surface area (Å²) in [6.07, 6.45) is -1.24. The molecule has 0 saturated heterocycles. The lowest BCUT2D eigenvalue weighted by Gasteiger charge is -2.09. The quantitative estimate of drug-likeness (QED) is 0.659. The Kier molecular flexibility index (Phi) is 2.69. The van der Waals surface area contributed by atoms with Crippen LogP contribution in [0.4, 0.5) is 4.39 Å². The van der Waals surface area contributed by atoms with Crippen LogP contribution in [-0.4, -0.2) is 6.36 Å². The van der Waals surface area contributed by atoms with Crippen molar-refractivity contribution in [3.05, 3.63) is 29.3 Å². The molecule has 1 aromatic rings. The zero-order valence-corrected chi connectivity index (χ0v) is 7.60. The lowest BCUT2D eigenvalue weighted by molar-refractivity contribution is 0.0852. The van der Waals surface area contributed by atoms with E-state index >= 15 is 0 Å². The summed E-state index contributed by atoms with van der Waals surface area (Å²) in [5, 5.41) is 0. The van der Waals surface area contributed by atoms with Gasteiger partial charge in [0.1, 0.15) is 5.75 Å². The van der Waals surface area contributed by atoms with Crippen LogP contribution in [0.25, 0.3) is 0 Å². The first-order valence-electron chi connectivity index (χ1n) is 3.97. The summed E-state index contributed by atoms with van der Waals surface area (Å²) < 4.78 is 17.4. The molecule has 1 rings (SSSR count). The Morgan fingerprint density at radius 2 is 2.00 bits per heavy atom. The Labute approximate surface area is 72.2 Å². The molecule has 0 spiro atoms. The number of ether oxygens (including phenoxy) is 1. The second-order valence-electron chi connectivity index (χ2n) is 2.93. The van der Waals surface area contributed by atoms with E-state index < -0.39 is 6.36 Å². The molecule has 0 amide bonds. The molecule has 0 aliphatic carbocycles. The van der Waals surface area contributed by atoms with E-state index in [1.165, 1.54) is 6.92 Å². The fourth-order valence-electron chi connectivity index (χ4n) is 1.11. The first-order chi connectivity index (χ1) is 5.59. The van der Waals surface area contributed by atoms with Crippen LogP contribution >= 0.6 is 0 Å². The second-order valence-corrected chi connectivity index (χ2v) is 2.93. The van der Waals surface area contributed by atoms with Crippen molar-refractivity contribution >= 4 is 0 Å². The second kappa shape index (κ2) is 3.57. The molecule has 1 atom stereocenters. The minimum absolute atomic E-state index is 0.621. The van der Waals surface area contributed by atoms with Gasteiger partial charge in [-0.3, -0.25) is 0 Å². The summed E-state index contributed by atoms with van der Waals surface area (Å²) in [6, 6.07) is 5.67. The van der Waals surface area contributed by atoms with Gasteiger partial charge in [0, 0.05) is 6.92 Å². The van der Waals surface area contributed by atoms with E-state index in [2.05, 4.69) is 0 Å². The van der Waals surface area contributed by atoms with E-state index in [1.807, 2.05) is 26.0 Å². The van der Waals surface area contributed by atoms with Gasteiger partial charge < -0.3 is 4.74 Å². The molecule has 2 heteroatoms. The number of benzene rings is 1. The standard InChI is InChI=1S/C10H13FO/c1-7-4-5-10(8(2)6-7)12-9(3)11/h4-6,9H,1-3H3. The topological polar surface area (TPSA) is 9.23 Å². The third kappa shape index (κ3) is 2.22. The number of rotatable bonds is 2. The lowest BCUT2D eigenvalue weighted by atomic mass is 10.1. The Morgan fingerprint density at radius 3 is 2.50 bits per heavy atom. The van der Waals surface area contributed by atoms with Crippen molar-refractivity contribution in [2.24, 2.45) is 0 Å². The number of alkyl halides is 1. The lowest BCUT2D eigenvalue weighted by Crippen LogP contribution is -2.04. The minimum atomic E-state index is -1.24. The van der Waals surface area contributed by atoms with Gasteiger partial charge in [-0.25, -0.2) is 4.39 Å². The SMILES string of the molecule is Cc1ccc(OC(C)F)c(C)c1. The zero-order chi connectivity index (χ0) is 9.14. The van der Waals surface area contributed by atoms with E-state index in [0.717, 1.165) is 11.1 Å². The molecule has 0 aromatic heterocycles. The van der Waals surface area contributed by atoms with Crippen LogP contribution in [0.15, 0.2) is 18.2 Å². The number of hydrogen-bond acceptors (Lipinski definition) is 1. The van der Waals surface area contributed by atoms with Gasteiger partial charge in [0.25, 0.3) is 0 Å². The maximum absolute atomic E-state index is 12.4. The van der Waals surface area contributed by atoms with Crippen LogP contribution in [0.5, 0.6) is 5.75 Å². The summed E-state index contributed by atoms with van der Waals surface area (Å²) in [6.45, 7) is 5.28. The van der Waals surface area contributed by atoms with Crippen LogP contribution < -0.4 is 4.74 Å². The van der Waals surface area contributed by atoms with Crippen molar-refractivity contribution in [2.45, 2.75) is 27.1 Å². The molecule has 0 bridgehead atoms. The maximum Gasteiger partial charge on any atom is 0.235 e. The van der Waals surface area contributed by atoms with Gasteiger partial charge >= 0.3 is 0 Å². The highest BCUT2D eigenvalue weighted by atomic mass is 19.1. The van der Waals surface area contributed by atoms with Crippen molar-refractivity contribution in [1.29, 1.82) is 0 Å². The molecule has 0 aliphatic heterocycles. The van der Waals surface area contributed by atoms with Gasteiger partial charge in [0.2, 0.25) is 6.36 Å². The third-order valence-electron chi connectivity index (χ3n) is 1.62. The average Bonchev–Trinajstić information content (AvgIpc) is 1.94. The number of aryl methyl sites for hydroxylation is 2. The summed E-state index contributed by atoms with van der Waals surface area (Å²) >= 11 is 0. The number of halogens is 1. The molecule has 12 heavy (non-hydrogen) atoms. The van der Waals surface area contributed by atoms with Crippen molar-refractivity contribution < 1.29 is 9.13 Å². The van der Waals surface area contributed by atoms with Crippen molar-refractivity contribution in [1.82, 2.24) is 0 Å². The predicted molar refractivity (Wildman–Crippen MR) is 47.1 cm³/mol. The minimum Gasteiger partial charge on any atom is -0.460 e. The van der Waals surface area contributed by atoms with Crippen LogP contribution in [0.2, 0.25) is 0 Å². The molecule has 0 N–H and O–H groups in total. The van der Waals surface area contributed by atoms with Crippen LogP contribution in [0.3, 0.4) is 0 Å². The fraction of sp³-hybridized carbons (Fsp3) is 0.400. The predicted octanol–water partition coefficient (Wildman–Crippen LogP) is 3.00. The normalized spacial score (nSPS) is 12.7. The van der Waals surface area contributed by atoms with E-state index in [0.29, 0.717) is 5.75 Å². The highest BCUT2D eigenvalue weighted by molar-refractivity contribution is 5.35. The van der Waals surface area contributed by atoms with Gasteiger partial charge in [-0.1, -0.05) is 17.7 Å². The molecule has 1 nitrogen and oxygen atoms in total. The summed E-state index contributed by atoms with van der Waals surface area (Å²) in [5.74, 6) is 0.621. The molecular formula is C10H13FO. The van der Waals surface area contributed by atoms with Crippen molar-refractivity contribution in [3.63, 3.8) is 0 Å². The molecule has 1 unspecified atom stereocenters. The highest BCUT2D eigenvalue weighted by Gasteiger charge is 2.02. The highest BCUT2D eigenvalue weighted by Crippen LogP contribution is 2.19. The molecule has 0 aliphatic rings. The molecule has 1 aromatic carbocycles. The van der Waals surface area contributed by atoms with Crippen molar-refractivity contribution in [2.75, 3.05) is 0 Å². The third-order valence-corrected chi connectivity index (χ3v) is 1.62. The fourth-order valence-corrected chi connectivity index (χ4v) is 1.11. The first kappa shape index (κ1) is 9.04. The van der Waals surface area contributed by atoms with Gasteiger partial charge in [-0.2, -0.15) is 0 Å². The Balaban J connectivity index is 2.86. The average molecular weight is 168 g/mol. The first-order valence-corrected chi connectivity index (χ1v) is 3.97. The zero-order valence-electron chi connectivity index (χ0n) is 7.60. The Hall–Kier alpha value is -1.05. The largest absolute Gasteiger partial charge is 0.460 e. The Bertz CT molecular complexity index is 269.